The molecule has 0 aliphatic carbocycles. The normalized spacial score (nSPS) is 12.4. The van der Waals surface area contributed by atoms with Crippen LogP contribution < -0.4 is 16.0 Å². The Kier molecular flexibility index (Phi) is 7.45. The zero-order valence-corrected chi connectivity index (χ0v) is 11.9. The number of ether oxygens (including phenoxy) is 1. The summed E-state index contributed by atoms with van der Waals surface area (Å²) in [5, 5.41) is 0. The first-order valence-electron chi connectivity index (χ1n) is 7.03. The summed E-state index contributed by atoms with van der Waals surface area (Å²) in [6.45, 7) is 2.19. The molecule has 19 heavy (non-hydrogen) atoms. The van der Waals surface area contributed by atoms with Crippen LogP contribution in [0.3, 0.4) is 0 Å². The van der Waals surface area contributed by atoms with Gasteiger partial charge in [-0.2, -0.15) is 0 Å². The monoisotopic (exact) mass is 268 g/mol. The number of nitrogens with two attached hydrogens (primary N) is 1. The molecule has 1 atom stereocenters. The van der Waals surface area contributed by atoms with Gasteiger partial charge in [0.15, 0.2) is 0 Å². The molecule has 3 N–H and O–H groups in total. The predicted molar refractivity (Wildman–Crippen MR) is 76.4 cm³/mol. The molecule has 0 heterocycles. The molecular weight excluding hydrogens is 243 g/mol. The van der Waals surface area contributed by atoms with Crippen molar-refractivity contribution in [3.05, 3.63) is 29.6 Å². The Bertz CT molecular complexity index is 371. The summed E-state index contributed by atoms with van der Waals surface area (Å²) in [5.74, 6) is 5.85. The van der Waals surface area contributed by atoms with Gasteiger partial charge in [0.1, 0.15) is 11.6 Å². The van der Waals surface area contributed by atoms with E-state index >= 15 is 0 Å². The smallest absolute Gasteiger partial charge is 0.131 e. The van der Waals surface area contributed by atoms with E-state index in [2.05, 4.69) is 12.3 Å². The molecule has 108 valence electrons. The van der Waals surface area contributed by atoms with Gasteiger partial charge in [-0.3, -0.25) is 11.3 Å². The molecule has 0 saturated heterocycles. The summed E-state index contributed by atoms with van der Waals surface area (Å²) in [5.41, 5.74) is 3.24. The maximum Gasteiger partial charge on any atom is 0.131 e. The number of unbranched alkanes of at least 4 members (excludes halogenated alkanes) is 4. The number of hydrogen-bond donors (Lipinski definition) is 2. The number of hydrazine groups is 1. The highest BCUT2D eigenvalue weighted by atomic mass is 19.1. The zero-order chi connectivity index (χ0) is 14.1. The van der Waals surface area contributed by atoms with Gasteiger partial charge in [-0.25, -0.2) is 4.39 Å². The largest absolute Gasteiger partial charge is 0.496 e. The molecule has 1 aromatic rings. The highest BCUT2D eigenvalue weighted by Gasteiger charge is 2.18. The minimum absolute atomic E-state index is 0.197. The third-order valence-corrected chi connectivity index (χ3v) is 3.38. The standard InChI is InChI=1S/C15H25FN2O/c1-3-4-5-6-7-10-13(18-17)15-12(16)9-8-11-14(15)19-2/h8-9,11,13,18H,3-7,10,17H2,1-2H3. The van der Waals surface area contributed by atoms with Crippen LogP contribution in [0.1, 0.15) is 57.1 Å². The van der Waals surface area contributed by atoms with Gasteiger partial charge in [-0.15, -0.1) is 0 Å². The van der Waals surface area contributed by atoms with Crippen molar-refractivity contribution in [3.8, 4) is 5.75 Å². The first-order valence-corrected chi connectivity index (χ1v) is 7.03. The molecule has 3 nitrogen and oxygen atoms in total. The van der Waals surface area contributed by atoms with Crippen LogP contribution in [0.5, 0.6) is 5.75 Å². The van der Waals surface area contributed by atoms with Gasteiger partial charge in [0.2, 0.25) is 0 Å². The molecule has 0 aliphatic rings. The van der Waals surface area contributed by atoms with Crippen LogP contribution in [0.25, 0.3) is 0 Å². The molecule has 0 spiro atoms. The average Bonchev–Trinajstić information content (AvgIpc) is 2.43. The lowest BCUT2D eigenvalue weighted by molar-refractivity contribution is 0.382. The van der Waals surface area contributed by atoms with Crippen LogP contribution in [-0.4, -0.2) is 7.11 Å². The molecule has 0 bridgehead atoms. The molecule has 1 aromatic carbocycles. The highest BCUT2D eigenvalue weighted by Crippen LogP contribution is 2.30. The first kappa shape index (κ1) is 15.9. The van der Waals surface area contributed by atoms with Crippen molar-refractivity contribution in [1.82, 2.24) is 5.43 Å². The SMILES string of the molecule is CCCCCCCC(NN)c1c(F)cccc1OC. The van der Waals surface area contributed by atoms with Crippen LogP contribution >= 0.6 is 0 Å². The van der Waals surface area contributed by atoms with Gasteiger partial charge >= 0.3 is 0 Å². The fourth-order valence-corrected chi connectivity index (χ4v) is 2.30. The molecule has 1 unspecified atom stereocenters. The van der Waals surface area contributed by atoms with Crippen LogP contribution in [0.2, 0.25) is 0 Å². The molecular formula is C15H25FN2O. The quantitative estimate of drug-likeness (QED) is 0.408. The second kappa shape index (κ2) is 8.88. The number of benzene rings is 1. The van der Waals surface area contributed by atoms with E-state index in [4.69, 9.17) is 10.6 Å². The molecule has 0 radical (unpaired) electrons. The maximum atomic E-state index is 13.9. The van der Waals surface area contributed by atoms with E-state index in [1.165, 1.54) is 25.3 Å². The number of halogens is 1. The summed E-state index contributed by atoms with van der Waals surface area (Å²) in [6.07, 6.45) is 6.71. The molecule has 4 heteroatoms. The third kappa shape index (κ3) is 4.80. The van der Waals surface area contributed by atoms with E-state index in [0.29, 0.717) is 11.3 Å². The number of hydrogen-bond acceptors (Lipinski definition) is 3. The van der Waals surface area contributed by atoms with Gasteiger partial charge in [-0.05, 0) is 18.6 Å². The van der Waals surface area contributed by atoms with Crippen LogP contribution in [0, 0.1) is 5.82 Å². The van der Waals surface area contributed by atoms with Gasteiger partial charge in [0.05, 0.1) is 13.2 Å². The first-order chi connectivity index (χ1) is 9.24. The maximum absolute atomic E-state index is 13.9. The Balaban J connectivity index is 2.64. The van der Waals surface area contributed by atoms with Gasteiger partial charge in [0.25, 0.3) is 0 Å². The Morgan fingerprint density at radius 3 is 2.63 bits per heavy atom. The van der Waals surface area contributed by atoms with Crippen molar-refractivity contribution in [2.75, 3.05) is 7.11 Å². The summed E-state index contributed by atoms with van der Waals surface area (Å²) in [4.78, 5) is 0. The molecule has 0 aliphatic heterocycles. The Morgan fingerprint density at radius 2 is 2.00 bits per heavy atom. The van der Waals surface area contributed by atoms with E-state index in [1.807, 2.05) is 0 Å². The minimum atomic E-state index is -0.268. The molecule has 1 rings (SSSR count). The fraction of sp³-hybridized carbons (Fsp3) is 0.600. The number of nitrogens with one attached hydrogen (secondary N) is 1. The summed E-state index contributed by atoms with van der Waals surface area (Å²) in [7, 11) is 1.55. The second-order valence-corrected chi connectivity index (χ2v) is 4.78. The van der Waals surface area contributed by atoms with Crippen LogP contribution in [0.4, 0.5) is 4.39 Å². The van der Waals surface area contributed by atoms with Crippen molar-refractivity contribution in [1.29, 1.82) is 0 Å². The van der Waals surface area contributed by atoms with E-state index in [0.717, 1.165) is 19.3 Å². The van der Waals surface area contributed by atoms with Crippen molar-refractivity contribution in [3.63, 3.8) is 0 Å². The second-order valence-electron chi connectivity index (χ2n) is 4.78. The topological polar surface area (TPSA) is 47.3 Å². The van der Waals surface area contributed by atoms with Crippen molar-refractivity contribution < 1.29 is 9.13 Å². The third-order valence-electron chi connectivity index (χ3n) is 3.38. The fourth-order valence-electron chi connectivity index (χ4n) is 2.30. The average molecular weight is 268 g/mol. The van der Waals surface area contributed by atoms with Gasteiger partial charge in [0, 0.05) is 5.56 Å². The minimum Gasteiger partial charge on any atom is -0.496 e. The number of rotatable bonds is 9. The Hall–Kier alpha value is -1.13. The van der Waals surface area contributed by atoms with Gasteiger partial charge < -0.3 is 4.74 Å². The molecule has 0 aromatic heterocycles. The van der Waals surface area contributed by atoms with Crippen molar-refractivity contribution in [2.45, 2.75) is 51.5 Å². The Labute approximate surface area is 115 Å². The molecule has 0 amide bonds. The lowest BCUT2D eigenvalue weighted by atomic mass is 9.99. The van der Waals surface area contributed by atoms with E-state index in [1.54, 1.807) is 19.2 Å². The Morgan fingerprint density at radius 1 is 1.26 bits per heavy atom. The summed E-state index contributed by atoms with van der Waals surface area (Å²) in [6, 6.07) is 4.66. The lowest BCUT2D eigenvalue weighted by Gasteiger charge is -2.19. The van der Waals surface area contributed by atoms with E-state index in [9.17, 15) is 4.39 Å². The van der Waals surface area contributed by atoms with Crippen LogP contribution in [0.15, 0.2) is 18.2 Å². The van der Waals surface area contributed by atoms with Crippen molar-refractivity contribution >= 4 is 0 Å². The summed E-state index contributed by atoms with van der Waals surface area (Å²) >= 11 is 0. The predicted octanol–water partition coefficient (Wildman–Crippen LogP) is 3.70. The summed E-state index contributed by atoms with van der Waals surface area (Å²) < 4.78 is 19.1. The lowest BCUT2D eigenvalue weighted by Crippen LogP contribution is -2.29. The van der Waals surface area contributed by atoms with E-state index < -0.39 is 0 Å². The van der Waals surface area contributed by atoms with Crippen LogP contribution in [-0.2, 0) is 0 Å². The molecule has 0 saturated carbocycles. The number of methoxy groups -OCH3 is 1. The highest BCUT2D eigenvalue weighted by molar-refractivity contribution is 5.37. The van der Waals surface area contributed by atoms with E-state index in [-0.39, 0.29) is 11.9 Å². The zero-order valence-electron chi connectivity index (χ0n) is 11.9. The molecule has 0 fully saturated rings. The van der Waals surface area contributed by atoms with Gasteiger partial charge in [-0.1, -0.05) is 45.1 Å². The van der Waals surface area contributed by atoms with Crippen molar-refractivity contribution in [2.24, 2.45) is 5.84 Å².